The van der Waals surface area contributed by atoms with E-state index in [1.54, 1.807) is 0 Å². The van der Waals surface area contributed by atoms with Crippen molar-refractivity contribution in [2.24, 2.45) is 17.8 Å². The predicted octanol–water partition coefficient (Wildman–Crippen LogP) is 3.16. The molecule has 1 saturated heterocycles. The Kier molecular flexibility index (Phi) is 3.66. The molecule has 2 heteroatoms. The highest BCUT2D eigenvalue weighted by Crippen LogP contribution is 2.37. The van der Waals surface area contributed by atoms with Crippen molar-refractivity contribution in [1.82, 2.24) is 0 Å². The molecule has 0 aromatic rings. The van der Waals surface area contributed by atoms with Gasteiger partial charge >= 0.3 is 5.97 Å². The normalized spacial score (nSPS) is 37.4. The Labute approximate surface area is 92.4 Å². The molecule has 0 spiro atoms. The van der Waals surface area contributed by atoms with Crippen LogP contribution >= 0.6 is 0 Å². The fourth-order valence-electron chi connectivity index (χ4n) is 3.13. The SMILES string of the molecule is CCC1CCC(C2CCCOC2=O)CC1. The smallest absolute Gasteiger partial charge is 0.309 e. The van der Waals surface area contributed by atoms with Crippen LogP contribution in [0.3, 0.4) is 0 Å². The van der Waals surface area contributed by atoms with Gasteiger partial charge in [0, 0.05) is 0 Å². The zero-order chi connectivity index (χ0) is 10.7. The van der Waals surface area contributed by atoms with Gasteiger partial charge in [0.05, 0.1) is 12.5 Å². The van der Waals surface area contributed by atoms with Gasteiger partial charge in [-0.2, -0.15) is 0 Å². The summed E-state index contributed by atoms with van der Waals surface area (Å²) in [6, 6.07) is 0. The predicted molar refractivity (Wildman–Crippen MR) is 59.4 cm³/mol. The van der Waals surface area contributed by atoms with Crippen molar-refractivity contribution < 1.29 is 9.53 Å². The fraction of sp³-hybridized carbons (Fsp3) is 0.923. The summed E-state index contributed by atoms with van der Waals surface area (Å²) in [5.41, 5.74) is 0. The molecule has 1 aliphatic heterocycles. The third kappa shape index (κ3) is 2.53. The summed E-state index contributed by atoms with van der Waals surface area (Å²) in [5.74, 6) is 1.86. The van der Waals surface area contributed by atoms with Crippen LogP contribution in [0.4, 0.5) is 0 Å². The number of esters is 1. The molecule has 86 valence electrons. The molecule has 0 aromatic heterocycles. The number of hydrogen-bond acceptors (Lipinski definition) is 2. The van der Waals surface area contributed by atoms with E-state index in [-0.39, 0.29) is 11.9 Å². The number of cyclic esters (lactones) is 1. The van der Waals surface area contributed by atoms with Gasteiger partial charge in [-0.25, -0.2) is 0 Å². The summed E-state index contributed by atoms with van der Waals surface area (Å²) in [5, 5.41) is 0. The molecule has 2 rings (SSSR count). The lowest BCUT2D eigenvalue weighted by molar-refractivity contribution is -0.156. The lowest BCUT2D eigenvalue weighted by Crippen LogP contribution is -2.32. The first-order chi connectivity index (χ1) is 7.31. The highest BCUT2D eigenvalue weighted by atomic mass is 16.5. The van der Waals surface area contributed by atoms with E-state index in [0.29, 0.717) is 12.5 Å². The summed E-state index contributed by atoms with van der Waals surface area (Å²) in [4.78, 5) is 11.6. The molecular formula is C13H22O2. The molecule has 1 aliphatic carbocycles. The Morgan fingerprint density at radius 3 is 2.53 bits per heavy atom. The quantitative estimate of drug-likeness (QED) is 0.654. The van der Waals surface area contributed by atoms with Crippen LogP contribution in [-0.4, -0.2) is 12.6 Å². The van der Waals surface area contributed by atoms with E-state index >= 15 is 0 Å². The van der Waals surface area contributed by atoms with Gasteiger partial charge in [-0.3, -0.25) is 4.79 Å². The maximum Gasteiger partial charge on any atom is 0.309 e. The third-order valence-corrected chi connectivity index (χ3v) is 4.24. The van der Waals surface area contributed by atoms with Crippen molar-refractivity contribution in [3.63, 3.8) is 0 Å². The molecule has 0 N–H and O–H groups in total. The molecule has 2 fully saturated rings. The van der Waals surface area contributed by atoms with Gasteiger partial charge in [0.15, 0.2) is 0 Å². The Hall–Kier alpha value is -0.530. The highest BCUT2D eigenvalue weighted by molar-refractivity contribution is 5.73. The van der Waals surface area contributed by atoms with Crippen LogP contribution in [0.15, 0.2) is 0 Å². The zero-order valence-electron chi connectivity index (χ0n) is 9.71. The monoisotopic (exact) mass is 210 g/mol. The first-order valence-corrected chi connectivity index (χ1v) is 6.48. The largest absolute Gasteiger partial charge is 0.465 e. The molecule has 0 radical (unpaired) electrons. The Balaban J connectivity index is 1.86. The first kappa shape index (κ1) is 11.0. The van der Waals surface area contributed by atoms with Crippen LogP contribution in [0, 0.1) is 17.8 Å². The summed E-state index contributed by atoms with van der Waals surface area (Å²) in [6.07, 6.45) is 8.60. The van der Waals surface area contributed by atoms with Gasteiger partial charge in [-0.05, 0) is 37.5 Å². The molecule has 2 aliphatic rings. The summed E-state index contributed by atoms with van der Waals surface area (Å²) in [6.45, 7) is 2.93. The first-order valence-electron chi connectivity index (χ1n) is 6.48. The average molecular weight is 210 g/mol. The van der Waals surface area contributed by atoms with E-state index in [0.717, 1.165) is 18.8 Å². The van der Waals surface area contributed by atoms with E-state index in [4.69, 9.17) is 4.74 Å². The maximum atomic E-state index is 11.6. The lowest BCUT2D eigenvalue weighted by atomic mass is 9.73. The van der Waals surface area contributed by atoms with Gasteiger partial charge in [0.25, 0.3) is 0 Å². The van der Waals surface area contributed by atoms with Crippen molar-refractivity contribution in [2.45, 2.75) is 51.9 Å². The Morgan fingerprint density at radius 1 is 1.20 bits per heavy atom. The van der Waals surface area contributed by atoms with Crippen molar-refractivity contribution in [1.29, 1.82) is 0 Å². The van der Waals surface area contributed by atoms with E-state index in [1.807, 2.05) is 0 Å². The number of rotatable bonds is 2. The highest BCUT2D eigenvalue weighted by Gasteiger charge is 2.34. The van der Waals surface area contributed by atoms with E-state index in [9.17, 15) is 4.79 Å². The molecule has 2 nitrogen and oxygen atoms in total. The number of carbonyl (C=O) groups excluding carboxylic acids is 1. The molecule has 1 atom stereocenters. The van der Waals surface area contributed by atoms with Crippen LogP contribution in [0.5, 0.6) is 0 Å². The number of carbonyl (C=O) groups is 1. The van der Waals surface area contributed by atoms with Gasteiger partial charge in [0.1, 0.15) is 0 Å². The molecule has 15 heavy (non-hydrogen) atoms. The minimum absolute atomic E-state index is 0.0844. The van der Waals surface area contributed by atoms with Gasteiger partial charge in [0.2, 0.25) is 0 Å². The minimum atomic E-state index is 0.0844. The molecule has 0 amide bonds. The van der Waals surface area contributed by atoms with Crippen molar-refractivity contribution in [2.75, 3.05) is 6.61 Å². The summed E-state index contributed by atoms with van der Waals surface area (Å²) >= 11 is 0. The van der Waals surface area contributed by atoms with Crippen molar-refractivity contribution >= 4 is 5.97 Å². The summed E-state index contributed by atoms with van der Waals surface area (Å²) in [7, 11) is 0. The van der Waals surface area contributed by atoms with E-state index in [2.05, 4.69) is 6.92 Å². The molecule has 1 saturated carbocycles. The van der Waals surface area contributed by atoms with Crippen molar-refractivity contribution in [3.05, 3.63) is 0 Å². The van der Waals surface area contributed by atoms with Gasteiger partial charge in [-0.15, -0.1) is 0 Å². The molecule has 0 bridgehead atoms. The third-order valence-electron chi connectivity index (χ3n) is 4.24. The minimum Gasteiger partial charge on any atom is -0.465 e. The topological polar surface area (TPSA) is 26.3 Å². The lowest BCUT2D eigenvalue weighted by Gasteiger charge is -2.34. The van der Waals surface area contributed by atoms with Crippen LogP contribution in [-0.2, 0) is 9.53 Å². The second-order valence-electron chi connectivity index (χ2n) is 5.11. The van der Waals surface area contributed by atoms with Crippen molar-refractivity contribution in [3.8, 4) is 0 Å². The van der Waals surface area contributed by atoms with Crippen LogP contribution in [0.25, 0.3) is 0 Å². The van der Waals surface area contributed by atoms with E-state index < -0.39 is 0 Å². The standard InChI is InChI=1S/C13H22O2/c1-2-10-5-7-11(8-6-10)12-4-3-9-15-13(12)14/h10-12H,2-9H2,1H3. The van der Waals surface area contributed by atoms with Crippen LogP contribution in [0.1, 0.15) is 51.9 Å². The average Bonchev–Trinajstić information content (AvgIpc) is 2.30. The summed E-state index contributed by atoms with van der Waals surface area (Å²) < 4.78 is 5.16. The van der Waals surface area contributed by atoms with Crippen LogP contribution in [0.2, 0.25) is 0 Å². The Bertz CT molecular complexity index is 217. The molecule has 1 heterocycles. The van der Waals surface area contributed by atoms with E-state index in [1.165, 1.54) is 32.1 Å². The second-order valence-corrected chi connectivity index (χ2v) is 5.11. The van der Waals surface area contributed by atoms with Gasteiger partial charge in [-0.1, -0.05) is 26.2 Å². The van der Waals surface area contributed by atoms with Gasteiger partial charge < -0.3 is 4.74 Å². The number of hydrogen-bond donors (Lipinski definition) is 0. The van der Waals surface area contributed by atoms with Crippen LogP contribution < -0.4 is 0 Å². The molecule has 0 aromatic carbocycles. The number of ether oxygens (including phenoxy) is 1. The zero-order valence-corrected chi connectivity index (χ0v) is 9.71. The molecule has 1 unspecified atom stereocenters. The maximum absolute atomic E-state index is 11.6. The fourth-order valence-corrected chi connectivity index (χ4v) is 3.13. The second kappa shape index (κ2) is 5.00. The Morgan fingerprint density at radius 2 is 1.93 bits per heavy atom. The molecular weight excluding hydrogens is 188 g/mol.